The third kappa shape index (κ3) is 3.67. The molecule has 1 aromatic rings. The van der Waals surface area contributed by atoms with Crippen molar-refractivity contribution in [1.82, 2.24) is 9.21 Å². The van der Waals surface area contributed by atoms with Gasteiger partial charge in [-0.2, -0.15) is 4.31 Å². The molecule has 8 heteroatoms. The van der Waals surface area contributed by atoms with Crippen LogP contribution in [0.25, 0.3) is 0 Å². The van der Waals surface area contributed by atoms with Gasteiger partial charge in [-0.25, -0.2) is 12.8 Å². The van der Waals surface area contributed by atoms with E-state index >= 15 is 0 Å². The van der Waals surface area contributed by atoms with Crippen molar-refractivity contribution in [3.8, 4) is 5.75 Å². The molecule has 2 aliphatic rings. The average Bonchev–Trinajstić information content (AvgIpc) is 2.53. The van der Waals surface area contributed by atoms with Crippen LogP contribution in [-0.4, -0.2) is 70.7 Å². The lowest BCUT2D eigenvalue weighted by molar-refractivity contribution is -0.158. The van der Waals surface area contributed by atoms with Crippen molar-refractivity contribution >= 4 is 10.0 Å². The second-order valence-corrected chi connectivity index (χ2v) is 9.17. The Morgan fingerprint density at radius 1 is 1.40 bits per heavy atom. The van der Waals surface area contributed by atoms with Crippen molar-refractivity contribution in [1.29, 1.82) is 0 Å². The van der Waals surface area contributed by atoms with Gasteiger partial charge in [-0.1, -0.05) is 0 Å². The summed E-state index contributed by atoms with van der Waals surface area (Å²) >= 11 is 0. The summed E-state index contributed by atoms with van der Waals surface area (Å²) in [5.41, 5.74) is -0.374. The molecule has 1 aromatic carbocycles. The van der Waals surface area contributed by atoms with E-state index in [2.05, 4.69) is 4.90 Å². The highest BCUT2D eigenvalue weighted by atomic mass is 32.2. The van der Waals surface area contributed by atoms with E-state index < -0.39 is 15.8 Å². The summed E-state index contributed by atoms with van der Waals surface area (Å²) < 4.78 is 51.3. The van der Waals surface area contributed by atoms with E-state index in [1.54, 1.807) is 0 Å². The van der Waals surface area contributed by atoms with Crippen LogP contribution in [0, 0.1) is 11.7 Å². The van der Waals surface area contributed by atoms with Gasteiger partial charge in [-0.3, -0.25) is 0 Å². The van der Waals surface area contributed by atoms with Crippen molar-refractivity contribution in [3.63, 3.8) is 0 Å². The Hall–Kier alpha value is -1.22. The lowest BCUT2D eigenvalue weighted by Gasteiger charge is -2.52. The van der Waals surface area contributed by atoms with Gasteiger partial charge >= 0.3 is 0 Å². The van der Waals surface area contributed by atoms with Gasteiger partial charge in [0.2, 0.25) is 10.0 Å². The van der Waals surface area contributed by atoms with Crippen LogP contribution in [0.15, 0.2) is 23.1 Å². The van der Waals surface area contributed by atoms with Gasteiger partial charge in [0.25, 0.3) is 0 Å². The third-order valence-electron chi connectivity index (χ3n) is 4.95. The summed E-state index contributed by atoms with van der Waals surface area (Å²) in [5, 5.41) is 0. The van der Waals surface area contributed by atoms with Crippen LogP contribution in [0.3, 0.4) is 0 Å². The molecular formula is C17H25FN2O4S. The van der Waals surface area contributed by atoms with Crippen LogP contribution in [0.1, 0.15) is 12.8 Å². The highest BCUT2D eigenvalue weighted by Gasteiger charge is 2.51. The van der Waals surface area contributed by atoms with Crippen LogP contribution in [0.5, 0.6) is 5.75 Å². The predicted molar refractivity (Wildman–Crippen MR) is 91.7 cm³/mol. The van der Waals surface area contributed by atoms with Crippen molar-refractivity contribution in [3.05, 3.63) is 24.0 Å². The normalized spacial score (nSPS) is 23.6. The minimum absolute atomic E-state index is 0.0292. The molecule has 2 fully saturated rings. The van der Waals surface area contributed by atoms with Gasteiger partial charge in [0.05, 0.1) is 24.2 Å². The molecule has 0 aromatic heterocycles. The molecule has 0 amide bonds. The van der Waals surface area contributed by atoms with E-state index in [-0.39, 0.29) is 16.2 Å². The van der Waals surface area contributed by atoms with E-state index in [1.807, 2.05) is 14.1 Å². The molecule has 1 spiro atoms. The number of benzene rings is 1. The van der Waals surface area contributed by atoms with E-state index in [4.69, 9.17) is 9.47 Å². The first-order chi connectivity index (χ1) is 11.8. The van der Waals surface area contributed by atoms with Crippen LogP contribution in [0.2, 0.25) is 0 Å². The molecule has 0 aliphatic carbocycles. The number of nitrogens with zero attached hydrogens (tertiary/aromatic N) is 2. The molecule has 2 aliphatic heterocycles. The van der Waals surface area contributed by atoms with Gasteiger partial charge < -0.3 is 14.4 Å². The molecule has 2 saturated heterocycles. The lowest BCUT2D eigenvalue weighted by Crippen LogP contribution is -2.66. The summed E-state index contributed by atoms with van der Waals surface area (Å²) in [5.74, 6) is -0.164. The Kier molecular flexibility index (Phi) is 5.07. The largest absolute Gasteiger partial charge is 0.494 e. The summed E-state index contributed by atoms with van der Waals surface area (Å²) in [7, 11) is 1.71. The molecule has 0 radical (unpaired) electrons. The Balaban J connectivity index is 1.63. The first-order valence-corrected chi connectivity index (χ1v) is 9.82. The topological polar surface area (TPSA) is 59.1 Å². The number of halogens is 1. The van der Waals surface area contributed by atoms with Crippen LogP contribution < -0.4 is 4.74 Å². The number of hydrogen-bond donors (Lipinski definition) is 0. The fraction of sp³-hybridized carbons (Fsp3) is 0.647. The monoisotopic (exact) mass is 372 g/mol. The summed E-state index contributed by atoms with van der Waals surface area (Å²) in [6.45, 7) is 2.29. The fourth-order valence-corrected chi connectivity index (χ4v) is 5.15. The molecule has 1 atom stereocenters. The van der Waals surface area contributed by atoms with Crippen molar-refractivity contribution in [2.75, 3.05) is 47.4 Å². The van der Waals surface area contributed by atoms with E-state index in [0.717, 1.165) is 25.5 Å². The third-order valence-corrected chi connectivity index (χ3v) is 6.73. The summed E-state index contributed by atoms with van der Waals surface area (Å²) in [6.07, 6.45) is 1.89. The van der Waals surface area contributed by atoms with E-state index in [0.29, 0.717) is 25.6 Å². The quantitative estimate of drug-likeness (QED) is 0.785. The maximum absolute atomic E-state index is 13.8. The second-order valence-electron chi connectivity index (χ2n) is 7.23. The van der Waals surface area contributed by atoms with Gasteiger partial charge in [0.1, 0.15) is 0 Å². The second kappa shape index (κ2) is 6.83. The highest BCUT2D eigenvalue weighted by Crippen LogP contribution is 2.39. The highest BCUT2D eigenvalue weighted by molar-refractivity contribution is 7.89. The number of rotatable bonds is 5. The van der Waals surface area contributed by atoms with Crippen LogP contribution >= 0.6 is 0 Å². The molecule has 0 N–H and O–H groups in total. The predicted octanol–water partition coefficient (Wildman–Crippen LogP) is 1.57. The molecule has 6 nitrogen and oxygen atoms in total. The molecule has 0 bridgehead atoms. The van der Waals surface area contributed by atoms with Gasteiger partial charge in [-0.15, -0.1) is 0 Å². The molecule has 0 unspecified atom stereocenters. The molecule has 2 heterocycles. The van der Waals surface area contributed by atoms with Crippen molar-refractivity contribution in [2.24, 2.45) is 5.92 Å². The van der Waals surface area contributed by atoms with Gasteiger partial charge in [0.15, 0.2) is 11.6 Å². The zero-order chi connectivity index (χ0) is 18.2. The van der Waals surface area contributed by atoms with Crippen molar-refractivity contribution < 1.29 is 22.3 Å². The molecule has 0 saturated carbocycles. The lowest BCUT2D eigenvalue weighted by atomic mass is 9.84. The van der Waals surface area contributed by atoms with Crippen molar-refractivity contribution in [2.45, 2.75) is 23.3 Å². The fourth-order valence-electron chi connectivity index (χ4n) is 3.55. The number of ether oxygens (including phenoxy) is 2. The van der Waals surface area contributed by atoms with Crippen LogP contribution in [0.4, 0.5) is 4.39 Å². The maximum atomic E-state index is 13.8. The molecule has 25 heavy (non-hydrogen) atoms. The Labute approximate surface area is 148 Å². The molecule has 140 valence electrons. The zero-order valence-electron chi connectivity index (χ0n) is 14.9. The zero-order valence-corrected chi connectivity index (χ0v) is 15.7. The number of sulfonamides is 1. The average molecular weight is 372 g/mol. The SMILES string of the molecule is COc1ccc(S(=O)(=O)N2CC3(CC[C@@H](CN(C)C)CO3)C2)cc1F. The van der Waals surface area contributed by atoms with E-state index in [1.165, 1.54) is 23.5 Å². The smallest absolute Gasteiger partial charge is 0.243 e. The minimum Gasteiger partial charge on any atom is -0.494 e. The molecule has 3 rings (SSSR count). The Morgan fingerprint density at radius 3 is 2.64 bits per heavy atom. The van der Waals surface area contributed by atoms with E-state index in [9.17, 15) is 12.8 Å². The summed E-state index contributed by atoms with van der Waals surface area (Å²) in [4.78, 5) is 2.09. The first-order valence-electron chi connectivity index (χ1n) is 8.38. The number of methoxy groups -OCH3 is 1. The van der Waals surface area contributed by atoms with Crippen LogP contribution in [-0.2, 0) is 14.8 Å². The Morgan fingerprint density at radius 2 is 2.12 bits per heavy atom. The molecular weight excluding hydrogens is 347 g/mol. The van der Waals surface area contributed by atoms with Gasteiger partial charge in [0, 0.05) is 19.6 Å². The first kappa shape index (κ1) is 18.6. The Bertz CT molecular complexity index is 722. The summed E-state index contributed by atoms with van der Waals surface area (Å²) in [6, 6.07) is 3.71. The van der Waals surface area contributed by atoms with Gasteiger partial charge in [-0.05, 0) is 51.1 Å². The maximum Gasteiger partial charge on any atom is 0.243 e. The number of hydrogen-bond acceptors (Lipinski definition) is 5. The standard InChI is InChI=1S/C17H25FN2O4S/c1-19(2)9-13-6-7-17(24-10-13)11-20(12-17)25(21,22)14-4-5-16(23-3)15(18)8-14/h4-5,8,13H,6-7,9-12H2,1-3H3/t13-/m0/s1. The minimum atomic E-state index is -3.71.